The van der Waals surface area contributed by atoms with Crippen molar-refractivity contribution in [2.45, 2.75) is 17.7 Å². The minimum absolute atomic E-state index is 1.03. The van der Waals surface area contributed by atoms with Crippen molar-refractivity contribution < 1.29 is 0 Å². The quantitative estimate of drug-likeness (QED) is 0.637. The average molecular weight is 212 g/mol. The first kappa shape index (κ1) is 9.05. The number of thiol groups is 1. The van der Waals surface area contributed by atoms with Crippen LogP contribution < -0.4 is 10.4 Å². The zero-order valence-corrected chi connectivity index (χ0v) is 9.30. The Kier molecular flexibility index (Phi) is 2.06. The van der Waals surface area contributed by atoms with E-state index >= 15 is 0 Å². The number of hydrogen-bond acceptors (Lipinski definition) is 1. The van der Waals surface area contributed by atoms with Crippen molar-refractivity contribution in [3.63, 3.8) is 0 Å². The lowest BCUT2D eigenvalue weighted by atomic mass is 10.0. The van der Waals surface area contributed by atoms with Gasteiger partial charge < -0.3 is 0 Å². The van der Waals surface area contributed by atoms with E-state index in [1.807, 2.05) is 0 Å². The first-order valence-electron chi connectivity index (χ1n) is 5.27. The molecule has 0 fully saturated rings. The second-order valence-corrected chi connectivity index (χ2v) is 4.48. The highest BCUT2D eigenvalue weighted by Gasteiger charge is 1.99. The van der Waals surface area contributed by atoms with E-state index in [0.29, 0.717) is 0 Å². The third kappa shape index (κ3) is 1.47. The van der Waals surface area contributed by atoms with Crippen molar-refractivity contribution >= 4 is 35.6 Å². The highest BCUT2D eigenvalue weighted by molar-refractivity contribution is 7.80. The molecule has 1 aliphatic carbocycles. The van der Waals surface area contributed by atoms with Crippen LogP contribution in [0.5, 0.6) is 0 Å². The Balaban J connectivity index is 2.54. The topological polar surface area (TPSA) is 0 Å². The fourth-order valence-electron chi connectivity index (χ4n) is 2.23. The van der Waals surface area contributed by atoms with Crippen molar-refractivity contribution in [3.8, 4) is 0 Å². The van der Waals surface area contributed by atoms with E-state index in [2.05, 4.69) is 55.1 Å². The predicted molar refractivity (Wildman–Crippen MR) is 68.6 cm³/mol. The van der Waals surface area contributed by atoms with Crippen LogP contribution in [0, 0.1) is 0 Å². The molecule has 0 atom stereocenters. The molecule has 0 bridgehead atoms. The van der Waals surface area contributed by atoms with Gasteiger partial charge in [-0.05, 0) is 46.2 Å². The summed E-state index contributed by atoms with van der Waals surface area (Å²) < 4.78 is 0. The van der Waals surface area contributed by atoms with Crippen molar-refractivity contribution in [2.75, 3.05) is 0 Å². The minimum atomic E-state index is 1.03. The standard InChI is InChI=1S/C14H12S/c15-12-7-8-14-11(9-12)6-5-10-3-1-2-4-13(10)14/h3-9,15H,1-2H2. The Bertz CT molecular complexity index is 638. The maximum atomic E-state index is 4.37. The summed E-state index contributed by atoms with van der Waals surface area (Å²) in [5.41, 5.74) is 0. The van der Waals surface area contributed by atoms with Gasteiger partial charge in [-0.15, -0.1) is 12.6 Å². The van der Waals surface area contributed by atoms with Crippen molar-refractivity contribution in [2.24, 2.45) is 0 Å². The van der Waals surface area contributed by atoms with Gasteiger partial charge >= 0.3 is 0 Å². The molecule has 0 saturated heterocycles. The van der Waals surface area contributed by atoms with Crippen LogP contribution in [0.3, 0.4) is 0 Å². The van der Waals surface area contributed by atoms with E-state index < -0.39 is 0 Å². The van der Waals surface area contributed by atoms with Crippen LogP contribution in [0.2, 0.25) is 0 Å². The number of benzene rings is 2. The normalized spacial score (nSPS) is 14.2. The summed E-state index contributed by atoms with van der Waals surface area (Å²) in [6, 6.07) is 10.8. The number of hydrogen-bond donors (Lipinski definition) is 1. The van der Waals surface area contributed by atoms with E-state index in [0.717, 1.165) is 11.3 Å². The van der Waals surface area contributed by atoms with Crippen molar-refractivity contribution in [1.29, 1.82) is 0 Å². The summed E-state index contributed by atoms with van der Waals surface area (Å²) in [5.74, 6) is 0. The Morgan fingerprint density at radius 2 is 1.80 bits per heavy atom. The first-order chi connectivity index (χ1) is 7.34. The summed E-state index contributed by atoms with van der Waals surface area (Å²) >= 11 is 4.37. The van der Waals surface area contributed by atoms with E-state index in [9.17, 15) is 0 Å². The summed E-state index contributed by atoms with van der Waals surface area (Å²) in [6.07, 6.45) is 7.00. The van der Waals surface area contributed by atoms with Gasteiger partial charge in [0.25, 0.3) is 0 Å². The smallest absolute Gasteiger partial charge is 0.00463 e. The van der Waals surface area contributed by atoms with Gasteiger partial charge in [0, 0.05) is 4.90 Å². The SMILES string of the molecule is Sc1ccc2c3c(ccc2c1)=CCCC=3. The van der Waals surface area contributed by atoms with Gasteiger partial charge in [0.15, 0.2) is 0 Å². The second kappa shape index (κ2) is 3.42. The van der Waals surface area contributed by atoms with Crippen LogP contribution >= 0.6 is 12.6 Å². The maximum absolute atomic E-state index is 4.37. The Hall–Kier alpha value is -1.21. The van der Waals surface area contributed by atoms with Gasteiger partial charge in [0.05, 0.1) is 0 Å². The molecular formula is C14H12S. The summed E-state index contributed by atoms with van der Waals surface area (Å²) in [7, 11) is 0. The van der Waals surface area contributed by atoms with Crippen molar-refractivity contribution in [3.05, 3.63) is 40.8 Å². The molecule has 0 spiro atoms. The highest BCUT2D eigenvalue weighted by atomic mass is 32.1. The van der Waals surface area contributed by atoms with Crippen LogP contribution in [-0.4, -0.2) is 0 Å². The predicted octanol–water partition coefficient (Wildman–Crippen LogP) is 2.48. The fraction of sp³-hybridized carbons (Fsp3) is 0.143. The molecule has 0 aromatic heterocycles. The van der Waals surface area contributed by atoms with E-state index in [-0.39, 0.29) is 0 Å². The molecular weight excluding hydrogens is 200 g/mol. The van der Waals surface area contributed by atoms with Gasteiger partial charge in [-0.1, -0.05) is 30.4 Å². The number of rotatable bonds is 0. The highest BCUT2D eigenvalue weighted by Crippen LogP contribution is 2.14. The third-order valence-corrected chi connectivity index (χ3v) is 3.24. The van der Waals surface area contributed by atoms with Crippen LogP contribution in [-0.2, 0) is 0 Å². The van der Waals surface area contributed by atoms with Gasteiger partial charge in [-0.2, -0.15) is 0 Å². The van der Waals surface area contributed by atoms with Gasteiger partial charge in [0.2, 0.25) is 0 Å². The lowest BCUT2D eigenvalue weighted by Crippen LogP contribution is -2.26. The Labute approximate surface area is 94.3 Å². The lowest BCUT2D eigenvalue weighted by Gasteiger charge is -2.04. The van der Waals surface area contributed by atoms with E-state index in [1.54, 1.807) is 0 Å². The molecule has 15 heavy (non-hydrogen) atoms. The van der Waals surface area contributed by atoms with Crippen molar-refractivity contribution in [1.82, 2.24) is 0 Å². The van der Waals surface area contributed by atoms with Gasteiger partial charge in [-0.25, -0.2) is 0 Å². The zero-order chi connectivity index (χ0) is 10.3. The molecule has 0 radical (unpaired) electrons. The van der Waals surface area contributed by atoms with Gasteiger partial charge in [-0.3, -0.25) is 0 Å². The maximum Gasteiger partial charge on any atom is 0.00463 e. The molecule has 0 saturated carbocycles. The van der Waals surface area contributed by atoms with Crippen LogP contribution in [0.4, 0.5) is 0 Å². The van der Waals surface area contributed by atoms with E-state index in [4.69, 9.17) is 0 Å². The fourth-order valence-corrected chi connectivity index (χ4v) is 2.44. The summed E-state index contributed by atoms with van der Waals surface area (Å²) in [5, 5.41) is 5.40. The molecule has 74 valence electrons. The largest absolute Gasteiger partial charge is 0.143 e. The molecule has 1 aliphatic rings. The molecule has 1 heteroatoms. The Morgan fingerprint density at radius 3 is 2.73 bits per heavy atom. The second-order valence-electron chi connectivity index (χ2n) is 3.96. The molecule has 0 N–H and O–H groups in total. The molecule has 3 rings (SSSR count). The summed E-state index contributed by atoms with van der Waals surface area (Å²) in [4.78, 5) is 1.03. The zero-order valence-electron chi connectivity index (χ0n) is 8.40. The Morgan fingerprint density at radius 1 is 0.933 bits per heavy atom. The van der Waals surface area contributed by atoms with Crippen LogP contribution in [0.1, 0.15) is 12.8 Å². The molecule has 2 aromatic carbocycles. The molecule has 0 amide bonds. The molecule has 0 unspecified atom stereocenters. The molecule has 0 nitrogen and oxygen atoms in total. The van der Waals surface area contributed by atoms with E-state index in [1.165, 1.54) is 27.6 Å². The lowest BCUT2D eigenvalue weighted by molar-refractivity contribution is 1.12. The molecule has 0 aliphatic heterocycles. The van der Waals surface area contributed by atoms with Crippen LogP contribution in [0.15, 0.2) is 35.2 Å². The monoisotopic (exact) mass is 212 g/mol. The third-order valence-electron chi connectivity index (χ3n) is 2.96. The first-order valence-corrected chi connectivity index (χ1v) is 5.71. The molecule has 2 aromatic rings. The summed E-state index contributed by atoms with van der Waals surface area (Å²) in [6.45, 7) is 0. The molecule has 0 heterocycles. The average Bonchev–Trinajstić information content (AvgIpc) is 2.28. The number of fused-ring (bicyclic) bond motifs is 3. The van der Waals surface area contributed by atoms with Gasteiger partial charge in [0.1, 0.15) is 0 Å². The minimum Gasteiger partial charge on any atom is -0.143 e. The van der Waals surface area contributed by atoms with Crippen LogP contribution in [0.25, 0.3) is 22.9 Å².